The number of carbonyl (C=O) groups is 1. The van der Waals surface area contributed by atoms with Crippen molar-refractivity contribution in [2.75, 3.05) is 12.8 Å². The maximum absolute atomic E-state index is 14.8. The number of imidazole rings is 1. The summed E-state index contributed by atoms with van der Waals surface area (Å²) in [6, 6.07) is 10.3. The second kappa shape index (κ2) is 7.56. The average Bonchev–Trinajstić information content (AvgIpc) is 3.52. The van der Waals surface area contributed by atoms with Gasteiger partial charge in [-0.1, -0.05) is 6.07 Å². The number of hydrogen-bond donors (Lipinski definition) is 1. The van der Waals surface area contributed by atoms with Gasteiger partial charge in [0.1, 0.15) is 22.9 Å². The Bertz CT molecular complexity index is 1220. The normalized spacial score (nSPS) is 16.5. The van der Waals surface area contributed by atoms with Crippen LogP contribution in [-0.4, -0.2) is 48.6 Å². The van der Waals surface area contributed by atoms with Crippen LogP contribution < -0.4 is 0 Å². The number of aromatic nitrogens is 5. The average molecular weight is 422 g/mol. The molecule has 4 aromatic rings. The van der Waals surface area contributed by atoms with Crippen molar-refractivity contribution in [1.82, 2.24) is 29.9 Å². The molecule has 0 saturated carbocycles. The fourth-order valence-corrected chi connectivity index (χ4v) is 4.40. The van der Waals surface area contributed by atoms with Crippen LogP contribution in [-0.2, 0) is 0 Å². The molecule has 1 unspecified atom stereocenters. The van der Waals surface area contributed by atoms with Crippen LogP contribution in [0, 0.1) is 5.82 Å². The first kappa shape index (κ1) is 18.8. The first-order valence-corrected chi connectivity index (χ1v) is 10.9. The zero-order chi connectivity index (χ0) is 20.7. The summed E-state index contributed by atoms with van der Waals surface area (Å²) in [7, 11) is 0. The zero-order valence-electron chi connectivity index (χ0n) is 16.2. The van der Waals surface area contributed by atoms with Gasteiger partial charge in [0.15, 0.2) is 0 Å². The molecule has 9 heteroatoms. The van der Waals surface area contributed by atoms with Crippen LogP contribution >= 0.6 is 11.8 Å². The number of fused-ring (bicyclic) bond motifs is 1. The SMILES string of the molecule is CSc1ccc2nc(C3CCCN3C(=O)c3c(F)cccc3-n3nccn3)[nH]c2c1. The third kappa shape index (κ3) is 3.15. The van der Waals surface area contributed by atoms with Gasteiger partial charge in [0, 0.05) is 11.4 Å². The molecule has 152 valence electrons. The van der Waals surface area contributed by atoms with Crippen LogP contribution in [0.4, 0.5) is 4.39 Å². The number of aromatic amines is 1. The van der Waals surface area contributed by atoms with Crippen molar-refractivity contribution < 1.29 is 9.18 Å². The van der Waals surface area contributed by atoms with Crippen LogP contribution in [0.3, 0.4) is 0 Å². The number of nitrogens with zero attached hydrogens (tertiary/aromatic N) is 5. The lowest BCUT2D eigenvalue weighted by atomic mass is 10.1. The Morgan fingerprint density at radius 1 is 1.23 bits per heavy atom. The van der Waals surface area contributed by atoms with E-state index in [1.807, 2.05) is 18.4 Å². The fraction of sp³-hybridized carbons (Fsp3) is 0.238. The van der Waals surface area contributed by atoms with E-state index in [1.165, 1.54) is 23.3 Å². The van der Waals surface area contributed by atoms with Gasteiger partial charge in [-0.05, 0) is 49.4 Å². The van der Waals surface area contributed by atoms with Crippen molar-refractivity contribution in [3.63, 3.8) is 0 Å². The second-order valence-corrected chi connectivity index (χ2v) is 7.99. The van der Waals surface area contributed by atoms with E-state index in [1.54, 1.807) is 28.8 Å². The molecular formula is C21H19FN6OS. The van der Waals surface area contributed by atoms with E-state index in [4.69, 9.17) is 4.98 Å². The maximum Gasteiger partial charge on any atom is 0.259 e. The van der Waals surface area contributed by atoms with Gasteiger partial charge in [0.05, 0.1) is 29.5 Å². The summed E-state index contributed by atoms with van der Waals surface area (Å²) in [6.45, 7) is 0.539. The van der Waals surface area contributed by atoms with Crippen LogP contribution in [0.15, 0.2) is 53.7 Å². The van der Waals surface area contributed by atoms with Crippen molar-refractivity contribution >= 4 is 28.7 Å². The number of amides is 1. The molecule has 5 rings (SSSR count). The Labute approximate surface area is 176 Å². The monoisotopic (exact) mass is 422 g/mol. The van der Waals surface area contributed by atoms with Gasteiger partial charge >= 0.3 is 0 Å². The van der Waals surface area contributed by atoms with Gasteiger partial charge in [-0.25, -0.2) is 9.37 Å². The largest absolute Gasteiger partial charge is 0.340 e. The number of benzene rings is 2. The predicted octanol–water partition coefficient (Wildman–Crippen LogP) is 3.98. The van der Waals surface area contributed by atoms with Crippen molar-refractivity contribution in [1.29, 1.82) is 0 Å². The Kier molecular flexibility index (Phi) is 4.74. The van der Waals surface area contributed by atoms with E-state index in [0.29, 0.717) is 12.2 Å². The van der Waals surface area contributed by atoms with E-state index in [2.05, 4.69) is 21.2 Å². The van der Waals surface area contributed by atoms with E-state index < -0.39 is 5.82 Å². The molecular weight excluding hydrogens is 403 g/mol. The Morgan fingerprint density at radius 3 is 2.87 bits per heavy atom. The first-order chi connectivity index (χ1) is 14.7. The number of thioether (sulfide) groups is 1. The molecule has 1 saturated heterocycles. The molecule has 0 aliphatic carbocycles. The fourth-order valence-electron chi connectivity index (χ4n) is 3.96. The number of carbonyl (C=O) groups excluding carboxylic acids is 1. The van der Waals surface area contributed by atoms with Gasteiger partial charge in [-0.15, -0.1) is 11.8 Å². The van der Waals surface area contributed by atoms with Gasteiger partial charge in [-0.3, -0.25) is 4.79 Å². The Balaban J connectivity index is 1.53. The summed E-state index contributed by atoms with van der Waals surface area (Å²) in [4.78, 5) is 25.6. The summed E-state index contributed by atoms with van der Waals surface area (Å²) in [6.07, 6.45) is 6.61. The number of rotatable bonds is 4. The highest BCUT2D eigenvalue weighted by Crippen LogP contribution is 2.34. The molecule has 7 nitrogen and oxygen atoms in total. The van der Waals surface area contributed by atoms with Gasteiger partial charge in [0.25, 0.3) is 5.91 Å². The van der Waals surface area contributed by atoms with E-state index >= 15 is 0 Å². The number of hydrogen-bond acceptors (Lipinski definition) is 5. The molecule has 0 radical (unpaired) electrons. The molecule has 1 aliphatic heterocycles. The molecule has 1 atom stereocenters. The summed E-state index contributed by atoms with van der Waals surface area (Å²) in [5.74, 6) is -0.243. The van der Waals surface area contributed by atoms with E-state index in [9.17, 15) is 9.18 Å². The minimum atomic E-state index is -0.588. The molecule has 1 amide bonds. The summed E-state index contributed by atoms with van der Waals surface area (Å²) >= 11 is 1.66. The van der Waals surface area contributed by atoms with E-state index in [0.717, 1.165) is 34.6 Å². The van der Waals surface area contributed by atoms with Gasteiger partial charge < -0.3 is 9.88 Å². The van der Waals surface area contributed by atoms with Gasteiger partial charge in [0.2, 0.25) is 0 Å². The Morgan fingerprint density at radius 2 is 2.07 bits per heavy atom. The van der Waals surface area contributed by atoms with Crippen LogP contribution in [0.5, 0.6) is 0 Å². The minimum Gasteiger partial charge on any atom is -0.340 e. The van der Waals surface area contributed by atoms with Crippen LogP contribution in [0.1, 0.15) is 35.1 Å². The van der Waals surface area contributed by atoms with Crippen molar-refractivity contribution in [2.45, 2.75) is 23.8 Å². The number of likely N-dealkylation sites (tertiary alicyclic amines) is 1. The molecule has 2 aromatic carbocycles. The molecule has 30 heavy (non-hydrogen) atoms. The highest BCUT2D eigenvalue weighted by Gasteiger charge is 2.35. The number of halogens is 1. The van der Waals surface area contributed by atoms with Gasteiger partial charge in [-0.2, -0.15) is 15.0 Å². The topological polar surface area (TPSA) is 79.7 Å². The summed E-state index contributed by atoms with van der Waals surface area (Å²) < 4.78 is 14.8. The molecule has 1 aliphatic rings. The highest BCUT2D eigenvalue weighted by atomic mass is 32.2. The Hall–Kier alpha value is -3.20. The predicted molar refractivity (Wildman–Crippen MR) is 112 cm³/mol. The number of H-pyrrole nitrogens is 1. The summed E-state index contributed by atoms with van der Waals surface area (Å²) in [5, 5.41) is 8.13. The van der Waals surface area contributed by atoms with Crippen molar-refractivity contribution in [3.8, 4) is 5.69 Å². The quantitative estimate of drug-likeness (QED) is 0.503. The van der Waals surface area contributed by atoms with Crippen molar-refractivity contribution in [2.24, 2.45) is 0 Å². The zero-order valence-corrected chi connectivity index (χ0v) is 17.1. The smallest absolute Gasteiger partial charge is 0.259 e. The third-order valence-electron chi connectivity index (χ3n) is 5.38. The van der Waals surface area contributed by atoms with E-state index in [-0.39, 0.29) is 17.5 Å². The molecule has 0 spiro atoms. The molecule has 3 heterocycles. The molecule has 1 fully saturated rings. The minimum absolute atomic E-state index is 0.0265. The second-order valence-electron chi connectivity index (χ2n) is 7.11. The molecule has 0 bridgehead atoms. The lowest BCUT2D eigenvalue weighted by Gasteiger charge is -2.24. The maximum atomic E-state index is 14.8. The highest BCUT2D eigenvalue weighted by molar-refractivity contribution is 7.98. The number of nitrogens with one attached hydrogen (secondary N) is 1. The molecule has 1 N–H and O–H groups in total. The molecule has 2 aromatic heterocycles. The van der Waals surface area contributed by atoms with Crippen molar-refractivity contribution in [3.05, 3.63) is 66.0 Å². The summed E-state index contributed by atoms with van der Waals surface area (Å²) in [5.41, 5.74) is 2.09. The third-order valence-corrected chi connectivity index (χ3v) is 6.10. The first-order valence-electron chi connectivity index (χ1n) is 9.65. The lowest BCUT2D eigenvalue weighted by Crippen LogP contribution is -2.32. The lowest BCUT2D eigenvalue weighted by molar-refractivity contribution is 0.0725. The van der Waals surface area contributed by atoms with Crippen LogP contribution in [0.2, 0.25) is 0 Å². The van der Waals surface area contributed by atoms with Crippen LogP contribution in [0.25, 0.3) is 16.7 Å². The standard InChI is InChI=1S/C21H19FN6OS/c1-30-13-7-8-15-16(12-13)26-20(25-15)18-6-3-11-27(18)21(29)19-14(22)4-2-5-17(19)28-23-9-10-24-28/h2,4-5,7-10,12,18H,3,6,11H2,1H3,(H,25,26).